The Hall–Kier alpha value is -1.82. The Bertz CT molecular complexity index is 430. The molecule has 0 saturated heterocycles. The zero-order chi connectivity index (χ0) is 10.5. The van der Waals surface area contributed by atoms with Crippen LogP contribution in [0.2, 0.25) is 0 Å². The molecule has 1 aromatic carbocycles. The van der Waals surface area contributed by atoms with Crippen molar-refractivity contribution in [1.82, 2.24) is 0 Å². The van der Waals surface area contributed by atoms with Gasteiger partial charge in [-0.2, -0.15) is 0 Å². The first-order valence-corrected chi connectivity index (χ1v) is 5.02. The highest BCUT2D eigenvalue weighted by Crippen LogP contribution is 2.27. The van der Waals surface area contributed by atoms with Gasteiger partial charge in [-0.05, 0) is 16.7 Å². The quantitative estimate of drug-likeness (QED) is 0.637. The Morgan fingerprint density at radius 2 is 1.93 bits per heavy atom. The minimum absolute atomic E-state index is 1.22. The van der Waals surface area contributed by atoms with E-state index in [4.69, 9.17) is 0 Å². The monoisotopic (exact) mass is 193 g/mol. The maximum Gasteiger partial charge on any atom is 0.00571 e. The fraction of sp³-hybridized carbons (Fsp3) is 0. The topological polar surface area (TPSA) is 0 Å². The van der Waals surface area contributed by atoms with Gasteiger partial charge in [-0.15, -0.1) is 0 Å². The fourth-order valence-electron chi connectivity index (χ4n) is 1.65. The highest BCUT2D eigenvalue weighted by Gasteiger charge is 2.06. The maximum absolute atomic E-state index is 3.76. The average Bonchev–Trinajstić information content (AvgIpc) is 2.80. The molecule has 0 unspecified atom stereocenters. The molecule has 0 saturated carbocycles. The third kappa shape index (κ3) is 2.16. The van der Waals surface area contributed by atoms with Crippen LogP contribution in [-0.2, 0) is 0 Å². The van der Waals surface area contributed by atoms with Crippen LogP contribution in [0.25, 0.3) is 5.57 Å². The Kier molecular flexibility index (Phi) is 2.99. The molecule has 0 aliphatic heterocycles. The zero-order valence-corrected chi connectivity index (χ0v) is 8.56. The maximum atomic E-state index is 3.76. The average molecular weight is 193 g/mol. The summed E-state index contributed by atoms with van der Waals surface area (Å²) in [6.07, 6.45) is 12.2. The van der Waals surface area contributed by atoms with E-state index in [2.05, 4.69) is 55.5 Å². The molecule has 0 amide bonds. The number of rotatable bonds is 3. The van der Waals surface area contributed by atoms with Crippen molar-refractivity contribution >= 4 is 5.57 Å². The number of hydrogen-bond acceptors (Lipinski definition) is 0. The molecule has 73 valence electrons. The number of allylic oxidation sites excluding steroid dienone is 7. The van der Waals surface area contributed by atoms with Gasteiger partial charge in [-0.3, -0.25) is 0 Å². The van der Waals surface area contributed by atoms with Crippen LogP contribution < -0.4 is 0 Å². The van der Waals surface area contributed by atoms with Gasteiger partial charge in [0.1, 0.15) is 0 Å². The molecule has 0 atom stereocenters. The van der Waals surface area contributed by atoms with E-state index in [9.17, 15) is 0 Å². The second-order valence-corrected chi connectivity index (χ2v) is 3.36. The minimum atomic E-state index is 1.22. The largest absolute Gasteiger partial charge is 0.0990 e. The summed E-state index contributed by atoms with van der Waals surface area (Å²) < 4.78 is 0. The van der Waals surface area contributed by atoms with E-state index in [1.165, 1.54) is 16.7 Å². The molecule has 0 fully saturated rings. The Morgan fingerprint density at radius 1 is 1.13 bits per heavy atom. The van der Waals surface area contributed by atoms with Gasteiger partial charge in [-0.25, -0.2) is 0 Å². The molecule has 0 heterocycles. The smallest absolute Gasteiger partial charge is 0.00571 e. The van der Waals surface area contributed by atoms with Crippen molar-refractivity contribution < 1.29 is 0 Å². The first-order valence-electron chi connectivity index (χ1n) is 5.02. The Morgan fingerprint density at radius 3 is 2.53 bits per heavy atom. The van der Waals surface area contributed by atoms with E-state index < -0.39 is 0 Å². The van der Waals surface area contributed by atoms with E-state index in [1.54, 1.807) is 0 Å². The van der Waals surface area contributed by atoms with Crippen molar-refractivity contribution in [3.63, 3.8) is 0 Å². The first kappa shape index (κ1) is 9.72. The number of hydrogen-bond donors (Lipinski definition) is 0. The second-order valence-electron chi connectivity index (χ2n) is 3.36. The summed E-state index contributed by atoms with van der Waals surface area (Å²) >= 11 is 0. The highest BCUT2D eigenvalue weighted by molar-refractivity contribution is 5.84. The standard InChI is InChI=1S/C15H13/c1-2-8-15(14-11-6-7-12-14)13-9-4-3-5-10-13/h2-12H,1H2/b15-8-. The van der Waals surface area contributed by atoms with Crippen molar-refractivity contribution in [2.24, 2.45) is 0 Å². The van der Waals surface area contributed by atoms with Crippen molar-refractivity contribution in [2.45, 2.75) is 0 Å². The second kappa shape index (κ2) is 4.61. The lowest BCUT2D eigenvalue weighted by atomic mass is 9.98. The van der Waals surface area contributed by atoms with E-state index in [0.29, 0.717) is 0 Å². The molecular weight excluding hydrogens is 180 g/mol. The lowest BCUT2D eigenvalue weighted by molar-refractivity contribution is 1.58. The third-order valence-electron chi connectivity index (χ3n) is 2.34. The van der Waals surface area contributed by atoms with Crippen molar-refractivity contribution in [3.8, 4) is 0 Å². The van der Waals surface area contributed by atoms with Gasteiger partial charge in [0, 0.05) is 6.42 Å². The SMILES string of the molecule is C=C/C=C(\C1=C[CH]C=C1)c1ccccc1. The molecular formula is C15H13. The summed E-state index contributed by atoms with van der Waals surface area (Å²) in [5, 5.41) is 0. The van der Waals surface area contributed by atoms with Gasteiger partial charge in [-0.1, -0.05) is 67.3 Å². The highest BCUT2D eigenvalue weighted by atomic mass is 14.1. The molecule has 0 bridgehead atoms. The van der Waals surface area contributed by atoms with E-state index >= 15 is 0 Å². The van der Waals surface area contributed by atoms with Gasteiger partial charge >= 0.3 is 0 Å². The molecule has 0 nitrogen and oxygen atoms in total. The lowest BCUT2D eigenvalue weighted by Gasteiger charge is -2.06. The zero-order valence-electron chi connectivity index (χ0n) is 8.56. The molecule has 1 aromatic rings. The predicted molar refractivity (Wildman–Crippen MR) is 66.1 cm³/mol. The van der Waals surface area contributed by atoms with Gasteiger partial charge in [0.25, 0.3) is 0 Å². The molecule has 1 radical (unpaired) electrons. The van der Waals surface area contributed by atoms with Crippen LogP contribution in [0.15, 0.2) is 72.9 Å². The normalized spacial score (nSPS) is 15.2. The van der Waals surface area contributed by atoms with Crippen LogP contribution in [0, 0.1) is 6.42 Å². The lowest BCUT2D eigenvalue weighted by Crippen LogP contribution is -1.85. The summed E-state index contributed by atoms with van der Waals surface area (Å²) in [6.45, 7) is 3.76. The van der Waals surface area contributed by atoms with Gasteiger partial charge in [0.15, 0.2) is 0 Å². The van der Waals surface area contributed by atoms with Crippen molar-refractivity contribution in [1.29, 1.82) is 0 Å². The molecule has 0 spiro atoms. The van der Waals surface area contributed by atoms with E-state index in [0.717, 1.165) is 0 Å². The van der Waals surface area contributed by atoms with Crippen molar-refractivity contribution in [2.75, 3.05) is 0 Å². The summed E-state index contributed by atoms with van der Waals surface area (Å²) in [5.74, 6) is 0. The summed E-state index contributed by atoms with van der Waals surface area (Å²) in [7, 11) is 0. The molecule has 15 heavy (non-hydrogen) atoms. The Labute approximate surface area is 91.0 Å². The molecule has 0 heteroatoms. The van der Waals surface area contributed by atoms with Gasteiger partial charge in [0.2, 0.25) is 0 Å². The third-order valence-corrected chi connectivity index (χ3v) is 2.34. The van der Waals surface area contributed by atoms with Crippen molar-refractivity contribution in [3.05, 3.63) is 84.8 Å². The van der Waals surface area contributed by atoms with Gasteiger partial charge in [0.05, 0.1) is 0 Å². The van der Waals surface area contributed by atoms with Gasteiger partial charge < -0.3 is 0 Å². The summed E-state index contributed by atoms with van der Waals surface area (Å²) in [4.78, 5) is 0. The number of benzene rings is 1. The molecule has 1 aliphatic rings. The van der Waals surface area contributed by atoms with E-state index in [-0.39, 0.29) is 0 Å². The molecule has 2 rings (SSSR count). The van der Waals surface area contributed by atoms with E-state index in [1.807, 2.05) is 18.2 Å². The van der Waals surface area contributed by atoms with Crippen LogP contribution in [0.4, 0.5) is 0 Å². The predicted octanol–water partition coefficient (Wildman–Crippen LogP) is 3.96. The molecule has 1 aliphatic carbocycles. The van der Waals surface area contributed by atoms with Crippen LogP contribution in [0.3, 0.4) is 0 Å². The van der Waals surface area contributed by atoms with Crippen LogP contribution >= 0.6 is 0 Å². The minimum Gasteiger partial charge on any atom is -0.0990 e. The fourth-order valence-corrected chi connectivity index (χ4v) is 1.65. The molecule has 0 N–H and O–H groups in total. The summed E-state index contributed by atoms with van der Waals surface area (Å²) in [6, 6.07) is 10.4. The first-order chi connectivity index (χ1) is 7.42. The van der Waals surface area contributed by atoms with Crippen LogP contribution in [0.5, 0.6) is 0 Å². The van der Waals surface area contributed by atoms with Crippen LogP contribution in [0.1, 0.15) is 5.56 Å². The summed E-state index contributed by atoms with van der Waals surface area (Å²) in [5.41, 5.74) is 3.68. The van der Waals surface area contributed by atoms with Crippen LogP contribution in [-0.4, -0.2) is 0 Å². The Balaban J connectivity index is 2.41. The molecule has 0 aromatic heterocycles.